The van der Waals surface area contributed by atoms with Gasteiger partial charge in [0.1, 0.15) is 23.5 Å². The van der Waals surface area contributed by atoms with Crippen molar-refractivity contribution in [3.8, 4) is 5.75 Å². The first-order valence-electron chi connectivity index (χ1n) is 9.11. The van der Waals surface area contributed by atoms with Crippen molar-refractivity contribution in [2.24, 2.45) is 5.41 Å². The van der Waals surface area contributed by atoms with Gasteiger partial charge in [0.2, 0.25) is 0 Å². The maximum absolute atomic E-state index is 10.0. The topological polar surface area (TPSA) is 74.3 Å². The van der Waals surface area contributed by atoms with E-state index in [-0.39, 0.29) is 12.0 Å². The van der Waals surface area contributed by atoms with Gasteiger partial charge in [-0.3, -0.25) is 0 Å². The van der Waals surface area contributed by atoms with Gasteiger partial charge in [-0.15, -0.1) is 0 Å². The lowest BCUT2D eigenvalue weighted by atomic mass is 9.76. The molecule has 0 bridgehead atoms. The van der Waals surface area contributed by atoms with Crippen molar-refractivity contribution in [1.29, 1.82) is 0 Å². The van der Waals surface area contributed by atoms with E-state index >= 15 is 0 Å². The molecule has 0 unspecified atom stereocenters. The van der Waals surface area contributed by atoms with Gasteiger partial charge in [-0.05, 0) is 37.5 Å². The standard InChI is InChI=1S/C20H24N4O2/c25-14-20(9-13-26-16-4-2-1-3-5-16)7-11-24(12-8-20)19-17-6-10-21-18(17)22-15-23-19/h1-6,10,15,25H,7-9,11-14H2,(H,21,22,23). The lowest BCUT2D eigenvalue weighted by Crippen LogP contribution is -2.43. The van der Waals surface area contributed by atoms with Crippen molar-refractivity contribution in [3.63, 3.8) is 0 Å². The summed E-state index contributed by atoms with van der Waals surface area (Å²) in [6.45, 7) is 2.58. The number of piperidine rings is 1. The summed E-state index contributed by atoms with van der Waals surface area (Å²) in [5, 5.41) is 11.1. The monoisotopic (exact) mass is 352 g/mol. The Morgan fingerprint density at radius 3 is 2.69 bits per heavy atom. The van der Waals surface area contributed by atoms with Gasteiger partial charge in [0.05, 0.1) is 12.0 Å². The zero-order chi connectivity index (χ0) is 17.8. The van der Waals surface area contributed by atoms with Gasteiger partial charge in [0.25, 0.3) is 0 Å². The SMILES string of the molecule is OCC1(CCOc2ccccc2)CCN(c2ncnc3[nH]ccc23)CC1. The van der Waals surface area contributed by atoms with Gasteiger partial charge in [0, 0.05) is 31.3 Å². The van der Waals surface area contributed by atoms with Crippen LogP contribution in [0.5, 0.6) is 5.75 Å². The number of hydrogen-bond donors (Lipinski definition) is 2. The van der Waals surface area contributed by atoms with E-state index in [1.165, 1.54) is 0 Å². The van der Waals surface area contributed by atoms with Gasteiger partial charge >= 0.3 is 0 Å². The van der Waals surface area contributed by atoms with E-state index in [1.54, 1.807) is 6.33 Å². The molecule has 1 aliphatic heterocycles. The minimum Gasteiger partial charge on any atom is -0.494 e. The summed E-state index contributed by atoms with van der Waals surface area (Å²) in [4.78, 5) is 14.2. The van der Waals surface area contributed by atoms with Crippen LogP contribution in [0.25, 0.3) is 11.0 Å². The molecule has 3 heterocycles. The molecule has 0 amide bonds. The second kappa shape index (κ2) is 7.33. The van der Waals surface area contributed by atoms with Crippen LogP contribution in [-0.2, 0) is 0 Å². The molecule has 0 spiro atoms. The predicted molar refractivity (Wildman–Crippen MR) is 101 cm³/mol. The Morgan fingerprint density at radius 1 is 1.12 bits per heavy atom. The number of anilines is 1. The van der Waals surface area contributed by atoms with Crippen molar-refractivity contribution in [3.05, 3.63) is 48.9 Å². The summed E-state index contributed by atoms with van der Waals surface area (Å²) in [5.41, 5.74) is 0.792. The Bertz CT molecular complexity index is 841. The second-order valence-corrected chi connectivity index (χ2v) is 6.99. The fourth-order valence-corrected chi connectivity index (χ4v) is 3.69. The number of ether oxygens (including phenoxy) is 1. The van der Waals surface area contributed by atoms with Crippen LogP contribution < -0.4 is 9.64 Å². The fraction of sp³-hybridized carbons (Fsp3) is 0.400. The van der Waals surface area contributed by atoms with E-state index in [0.717, 1.165) is 55.0 Å². The van der Waals surface area contributed by atoms with Crippen LogP contribution in [0.4, 0.5) is 5.82 Å². The molecule has 136 valence electrons. The molecule has 1 aromatic carbocycles. The van der Waals surface area contributed by atoms with Gasteiger partial charge in [-0.2, -0.15) is 0 Å². The lowest BCUT2D eigenvalue weighted by molar-refractivity contribution is 0.0708. The van der Waals surface area contributed by atoms with Gasteiger partial charge in [0.15, 0.2) is 0 Å². The molecule has 1 fully saturated rings. The molecule has 0 aliphatic carbocycles. The van der Waals surface area contributed by atoms with E-state index in [0.29, 0.717) is 6.61 Å². The molecular weight excluding hydrogens is 328 g/mol. The highest BCUT2D eigenvalue weighted by molar-refractivity contribution is 5.87. The van der Waals surface area contributed by atoms with E-state index in [4.69, 9.17) is 4.74 Å². The van der Waals surface area contributed by atoms with Crippen molar-refractivity contribution >= 4 is 16.9 Å². The Balaban J connectivity index is 1.38. The summed E-state index contributed by atoms with van der Waals surface area (Å²) in [7, 11) is 0. The number of aromatic amines is 1. The maximum Gasteiger partial charge on any atom is 0.142 e. The van der Waals surface area contributed by atoms with Crippen molar-refractivity contribution < 1.29 is 9.84 Å². The Kier molecular flexibility index (Phi) is 4.75. The summed E-state index contributed by atoms with van der Waals surface area (Å²) < 4.78 is 5.84. The molecule has 1 saturated heterocycles. The number of aliphatic hydroxyl groups is 1. The van der Waals surface area contributed by atoms with E-state index in [9.17, 15) is 5.11 Å². The highest BCUT2D eigenvalue weighted by Gasteiger charge is 2.34. The third-order valence-electron chi connectivity index (χ3n) is 5.44. The number of rotatable bonds is 6. The fourth-order valence-electron chi connectivity index (χ4n) is 3.69. The summed E-state index contributed by atoms with van der Waals surface area (Å²) in [5.74, 6) is 1.86. The van der Waals surface area contributed by atoms with Crippen molar-refractivity contribution in [2.75, 3.05) is 31.2 Å². The first kappa shape index (κ1) is 16.8. The predicted octanol–water partition coefficient (Wildman–Crippen LogP) is 3.01. The molecule has 4 rings (SSSR count). The quantitative estimate of drug-likeness (QED) is 0.713. The molecule has 26 heavy (non-hydrogen) atoms. The van der Waals surface area contributed by atoms with Crippen molar-refractivity contribution in [1.82, 2.24) is 15.0 Å². The molecule has 1 aliphatic rings. The van der Waals surface area contributed by atoms with Crippen molar-refractivity contribution in [2.45, 2.75) is 19.3 Å². The Labute approximate surface area is 152 Å². The number of H-pyrrole nitrogens is 1. The summed E-state index contributed by atoms with van der Waals surface area (Å²) >= 11 is 0. The normalized spacial score (nSPS) is 16.7. The van der Waals surface area contributed by atoms with E-state index in [2.05, 4.69) is 19.9 Å². The van der Waals surface area contributed by atoms with Crippen LogP contribution in [0.15, 0.2) is 48.9 Å². The Morgan fingerprint density at radius 2 is 1.92 bits per heavy atom. The largest absolute Gasteiger partial charge is 0.494 e. The van der Waals surface area contributed by atoms with Crippen LogP contribution in [0.1, 0.15) is 19.3 Å². The minimum atomic E-state index is -0.0738. The second-order valence-electron chi connectivity index (χ2n) is 6.99. The number of hydrogen-bond acceptors (Lipinski definition) is 5. The average molecular weight is 352 g/mol. The zero-order valence-corrected chi connectivity index (χ0v) is 14.8. The molecule has 0 atom stereocenters. The molecular formula is C20H24N4O2. The number of para-hydroxylation sites is 1. The average Bonchev–Trinajstić information content (AvgIpc) is 3.18. The number of nitrogens with zero attached hydrogens (tertiary/aromatic N) is 3. The van der Waals surface area contributed by atoms with Crippen LogP contribution >= 0.6 is 0 Å². The first-order valence-corrected chi connectivity index (χ1v) is 9.11. The number of fused-ring (bicyclic) bond motifs is 1. The molecule has 3 aromatic rings. The van der Waals surface area contributed by atoms with Gasteiger partial charge < -0.3 is 19.7 Å². The van der Waals surface area contributed by atoms with E-state index < -0.39 is 0 Å². The van der Waals surface area contributed by atoms with Gasteiger partial charge in [-0.25, -0.2) is 9.97 Å². The molecule has 2 N–H and O–H groups in total. The van der Waals surface area contributed by atoms with Crippen LogP contribution in [0.3, 0.4) is 0 Å². The highest BCUT2D eigenvalue weighted by atomic mass is 16.5. The molecule has 2 aromatic heterocycles. The lowest BCUT2D eigenvalue weighted by Gasteiger charge is -2.41. The number of nitrogens with one attached hydrogen (secondary N) is 1. The molecule has 0 radical (unpaired) electrons. The summed E-state index contributed by atoms with van der Waals surface area (Å²) in [6.07, 6.45) is 6.21. The van der Waals surface area contributed by atoms with Crippen LogP contribution in [0.2, 0.25) is 0 Å². The maximum atomic E-state index is 10.0. The van der Waals surface area contributed by atoms with Crippen LogP contribution in [-0.4, -0.2) is 46.4 Å². The zero-order valence-electron chi connectivity index (χ0n) is 14.8. The van der Waals surface area contributed by atoms with Gasteiger partial charge in [-0.1, -0.05) is 18.2 Å². The van der Waals surface area contributed by atoms with Crippen LogP contribution in [0, 0.1) is 5.41 Å². The third kappa shape index (κ3) is 3.37. The smallest absolute Gasteiger partial charge is 0.142 e. The minimum absolute atomic E-state index is 0.0738. The molecule has 6 nitrogen and oxygen atoms in total. The Hall–Kier alpha value is -2.60. The summed E-state index contributed by atoms with van der Waals surface area (Å²) in [6, 6.07) is 11.9. The van der Waals surface area contributed by atoms with E-state index in [1.807, 2.05) is 42.6 Å². The molecule has 6 heteroatoms. The number of benzene rings is 1. The first-order chi connectivity index (χ1) is 12.8. The third-order valence-corrected chi connectivity index (χ3v) is 5.44. The number of aliphatic hydroxyl groups excluding tert-OH is 1. The molecule has 0 saturated carbocycles. The highest BCUT2D eigenvalue weighted by Crippen LogP contribution is 2.37. The number of aromatic nitrogens is 3.